The van der Waals surface area contributed by atoms with Crippen molar-refractivity contribution in [3.8, 4) is 0 Å². The van der Waals surface area contributed by atoms with Gasteiger partial charge in [0.1, 0.15) is 11.9 Å². The molecule has 0 fully saturated rings. The summed E-state index contributed by atoms with van der Waals surface area (Å²) in [5.41, 5.74) is 10.5. The van der Waals surface area contributed by atoms with Crippen molar-refractivity contribution >= 4 is 40.8 Å². The molecular formula is C34H39FN8O4. The molecule has 3 atom stereocenters. The summed E-state index contributed by atoms with van der Waals surface area (Å²) in [4.78, 5) is 56.3. The van der Waals surface area contributed by atoms with Crippen LogP contribution in [0.25, 0.3) is 0 Å². The Labute approximate surface area is 272 Å². The maximum Gasteiger partial charge on any atom is 0.322 e. The molecule has 2 aliphatic heterocycles. The van der Waals surface area contributed by atoms with Crippen LogP contribution in [-0.4, -0.2) is 56.4 Å². The normalized spacial score (nSPS) is 17.1. The highest BCUT2D eigenvalue weighted by Crippen LogP contribution is 2.26. The smallest absolute Gasteiger partial charge is 0.322 e. The molecule has 3 heterocycles. The lowest BCUT2D eigenvalue weighted by molar-refractivity contribution is -0.133. The van der Waals surface area contributed by atoms with Crippen LogP contribution in [0.4, 0.5) is 20.6 Å². The highest BCUT2D eigenvalue weighted by Gasteiger charge is 2.29. The molecule has 0 radical (unpaired) electrons. The molecule has 2 aliphatic rings. The van der Waals surface area contributed by atoms with E-state index in [0.717, 1.165) is 16.7 Å². The summed E-state index contributed by atoms with van der Waals surface area (Å²) in [6.07, 6.45) is 3.72. The van der Waals surface area contributed by atoms with Crippen molar-refractivity contribution in [2.24, 2.45) is 22.7 Å². The minimum atomic E-state index is -0.932. The number of urea groups is 1. The molecule has 1 unspecified atom stereocenters. The Morgan fingerprint density at radius 1 is 1.00 bits per heavy atom. The Morgan fingerprint density at radius 3 is 2.40 bits per heavy atom. The van der Waals surface area contributed by atoms with Crippen LogP contribution < -0.4 is 21.7 Å². The fourth-order valence-corrected chi connectivity index (χ4v) is 5.35. The van der Waals surface area contributed by atoms with Gasteiger partial charge in [0.25, 0.3) is 0 Å². The lowest BCUT2D eigenvalue weighted by Gasteiger charge is -2.28. The first-order valence-corrected chi connectivity index (χ1v) is 15.5. The number of carbonyl (C=O) groups excluding carboxylic acids is 4. The number of nitrogens with zero attached hydrogens (tertiary/aromatic N) is 4. The zero-order valence-electron chi connectivity index (χ0n) is 26.8. The second-order valence-electron chi connectivity index (χ2n) is 12.4. The fourth-order valence-electron chi connectivity index (χ4n) is 5.35. The van der Waals surface area contributed by atoms with E-state index in [2.05, 4.69) is 26.0 Å². The van der Waals surface area contributed by atoms with Gasteiger partial charge in [-0.05, 0) is 65.4 Å². The molecule has 1 aromatic heterocycles. The first-order valence-electron chi connectivity index (χ1n) is 15.5. The maximum absolute atomic E-state index is 15.0. The van der Waals surface area contributed by atoms with Crippen molar-refractivity contribution in [1.82, 2.24) is 20.2 Å². The first-order chi connectivity index (χ1) is 22.4. The minimum absolute atomic E-state index is 0.0294. The summed E-state index contributed by atoms with van der Waals surface area (Å²) >= 11 is 0. The highest BCUT2D eigenvalue weighted by molar-refractivity contribution is 6.06. The minimum Gasteiger partial charge on any atom is -0.343 e. The molecule has 246 valence electrons. The summed E-state index contributed by atoms with van der Waals surface area (Å²) in [6.45, 7) is 8.05. The zero-order valence-corrected chi connectivity index (χ0v) is 26.8. The van der Waals surface area contributed by atoms with Crippen LogP contribution in [0.2, 0.25) is 0 Å². The molecular weight excluding hydrogens is 603 g/mol. The molecule has 5 N–H and O–H groups in total. The number of hydrogen-bond acceptors (Lipinski definition) is 7. The number of halogens is 1. The van der Waals surface area contributed by atoms with E-state index in [1.54, 1.807) is 49.3 Å². The predicted molar refractivity (Wildman–Crippen MR) is 175 cm³/mol. The largest absolute Gasteiger partial charge is 0.343 e. The molecule has 5 amide bonds. The lowest BCUT2D eigenvalue weighted by Crippen LogP contribution is -2.50. The number of hydrazone groups is 1. The number of benzene rings is 2. The number of anilines is 2. The van der Waals surface area contributed by atoms with Crippen LogP contribution in [-0.2, 0) is 34.0 Å². The van der Waals surface area contributed by atoms with Gasteiger partial charge in [0.15, 0.2) is 0 Å². The molecule has 0 aliphatic carbocycles. The van der Waals surface area contributed by atoms with Gasteiger partial charge in [0.2, 0.25) is 17.7 Å². The summed E-state index contributed by atoms with van der Waals surface area (Å²) in [5.74, 6) is -2.22. The van der Waals surface area contributed by atoms with Gasteiger partial charge in [-0.15, -0.1) is 0 Å². The number of aromatic nitrogens is 1. The van der Waals surface area contributed by atoms with Gasteiger partial charge >= 0.3 is 6.03 Å². The molecule has 13 heteroatoms. The number of fused-ring (bicyclic) bond motifs is 1. The van der Waals surface area contributed by atoms with Crippen LogP contribution in [0.5, 0.6) is 0 Å². The molecule has 2 aromatic carbocycles. The Kier molecular flexibility index (Phi) is 9.95. The van der Waals surface area contributed by atoms with E-state index in [0.29, 0.717) is 30.1 Å². The number of amides is 5. The van der Waals surface area contributed by atoms with E-state index >= 15 is 4.39 Å². The maximum atomic E-state index is 15.0. The van der Waals surface area contributed by atoms with Gasteiger partial charge < -0.3 is 26.6 Å². The summed E-state index contributed by atoms with van der Waals surface area (Å²) in [6, 6.07) is 11.5. The Bertz CT molecular complexity index is 1690. The number of pyridine rings is 1. The number of nitrogens with one attached hydrogen (secondary N) is 3. The third kappa shape index (κ3) is 7.80. The monoisotopic (exact) mass is 642 g/mol. The molecule has 0 saturated carbocycles. The average Bonchev–Trinajstić information content (AvgIpc) is 3.48. The molecule has 0 spiro atoms. The number of hydrogen-bond donors (Lipinski definition) is 4. The van der Waals surface area contributed by atoms with Crippen LogP contribution in [0.1, 0.15) is 56.4 Å². The summed E-state index contributed by atoms with van der Waals surface area (Å²) < 4.78 is 15.0. The third-order valence-electron chi connectivity index (χ3n) is 8.31. The standard InChI is InChI=1S/C34H39FN8O4/c1-19(2)30(36)33(46)38-21(4)32(45)40-28-10-5-22(14-27(28)35)16-43-29(44)13-20(3)31(41-43)23-6-8-26(9-7-23)39-34(47)42-17-24-11-12-37-15-25(24)18-42/h5-12,14-15,19-21,30H,13,16-18,36H2,1-4H3,(H,38,46)(H,39,47)(H,40,45)/t20?,21-,30-/m0/s1. The van der Waals surface area contributed by atoms with Crippen molar-refractivity contribution in [1.29, 1.82) is 0 Å². The molecule has 0 saturated heterocycles. The molecule has 3 aromatic rings. The van der Waals surface area contributed by atoms with Crippen molar-refractivity contribution in [3.63, 3.8) is 0 Å². The Balaban J connectivity index is 1.20. The topological polar surface area (TPSA) is 162 Å². The van der Waals surface area contributed by atoms with Crippen molar-refractivity contribution < 1.29 is 23.6 Å². The van der Waals surface area contributed by atoms with E-state index in [1.165, 1.54) is 24.1 Å². The van der Waals surface area contributed by atoms with Gasteiger partial charge in [-0.25, -0.2) is 14.2 Å². The van der Waals surface area contributed by atoms with Gasteiger partial charge in [0, 0.05) is 43.5 Å². The SMILES string of the molecule is CC1CC(=O)N(Cc2ccc(NC(=O)[C@H](C)NC(=O)[C@@H](N)C(C)C)c(F)c2)N=C1c1ccc(NC(=O)N2Cc3ccncc3C2)cc1. The van der Waals surface area contributed by atoms with Gasteiger partial charge in [-0.2, -0.15) is 5.10 Å². The van der Waals surface area contributed by atoms with E-state index in [-0.39, 0.29) is 42.4 Å². The van der Waals surface area contributed by atoms with E-state index in [9.17, 15) is 19.2 Å². The van der Waals surface area contributed by atoms with Gasteiger partial charge in [-0.1, -0.05) is 39.0 Å². The highest BCUT2D eigenvalue weighted by atomic mass is 19.1. The molecule has 0 bridgehead atoms. The van der Waals surface area contributed by atoms with Crippen LogP contribution in [0.3, 0.4) is 0 Å². The second kappa shape index (κ2) is 14.1. The van der Waals surface area contributed by atoms with Gasteiger partial charge in [0.05, 0.1) is 24.0 Å². The third-order valence-corrected chi connectivity index (χ3v) is 8.31. The van der Waals surface area contributed by atoms with Crippen molar-refractivity contribution in [2.45, 2.75) is 65.8 Å². The first kappa shape index (κ1) is 33.2. The quantitative estimate of drug-likeness (QED) is 0.276. The van der Waals surface area contributed by atoms with Crippen LogP contribution in [0.15, 0.2) is 66.0 Å². The fraction of sp³-hybridized carbons (Fsp3) is 0.353. The van der Waals surface area contributed by atoms with E-state index < -0.39 is 29.7 Å². The lowest BCUT2D eigenvalue weighted by atomic mass is 9.93. The van der Waals surface area contributed by atoms with Crippen LogP contribution in [0, 0.1) is 17.7 Å². The van der Waals surface area contributed by atoms with Crippen molar-refractivity contribution in [2.75, 3.05) is 10.6 Å². The Hall–Kier alpha value is -5.17. The zero-order chi connectivity index (χ0) is 33.8. The van der Waals surface area contributed by atoms with E-state index in [4.69, 9.17) is 5.73 Å². The predicted octanol–water partition coefficient (Wildman–Crippen LogP) is 3.97. The average molecular weight is 643 g/mol. The van der Waals surface area contributed by atoms with Crippen molar-refractivity contribution in [3.05, 3.63) is 89.0 Å². The van der Waals surface area contributed by atoms with E-state index in [1.807, 2.05) is 25.1 Å². The van der Waals surface area contributed by atoms with Crippen LogP contribution >= 0.6 is 0 Å². The number of carbonyl (C=O) groups is 4. The molecule has 5 rings (SSSR count). The van der Waals surface area contributed by atoms with Gasteiger partial charge in [-0.3, -0.25) is 19.4 Å². The molecule has 47 heavy (non-hydrogen) atoms. The Morgan fingerprint density at radius 2 is 1.72 bits per heavy atom. The summed E-state index contributed by atoms with van der Waals surface area (Å²) in [5, 5.41) is 13.9. The molecule has 12 nitrogen and oxygen atoms in total. The number of rotatable bonds is 9. The summed E-state index contributed by atoms with van der Waals surface area (Å²) in [7, 11) is 0. The second-order valence-corrected chi connectivity index (χ2v) is 12.4. The number of nitrogens with two attached hydrogens (primary N) is 1.